The van der Waals surface area contributed by atoms with Crippen LogP contribution in [0.1, 0.15) is 16.1 Å². The molecule has 25 heavy (non-hydrogen) atoms. The summed E-state index contributed by atoms with van der Waals surface area (Å²) in [5.74, 6) is 0.0718. The fourth-order valence-corrected chi connectivity index (χ4v) is 3.39. The number of hydrogen-bond acceptors (Lipinski definition) is 7. The molecule has 0 atom stereocenters. The van der Waals surface area contributed by atoms with E-state index >= 15 is 0 Å². The van der Waals surface area contributed by atoms with Crippen LogP contribution in [0.25, 0.3) is 21.9 Å². The first-order chi connectivity index (χ1) is 12.1. The number of fused-ring (bicyclic) bond motifs is 1. The van der Waals surface area contributed by atoms with E-state index in [1.165, 1.54) is 31.8 Å². The number of aromatic nitrogens is 3. The molecule has 3 aromatic rings. The fourth-order valence-electron chi connectivity index (χ4n) is 2.33. The molecule has 0 saturated heterocycles. The van der Waals surface area contributed by atoms with Crippen LogP contribution < -0.4 is 0 Å². The minimum absolute atomic E-state index is 0.319. The van der Waals surface area contributed by atoms with Crippen molar-refractivity contribution in [2.45, 2.75) is 6.92 Å². The zero-order valence-electron chi connectivity index (χ0n) is 13.8. The molecule has 7 nitrogen and oxygen atoms in total. The van der Waals surface area contributed by atoms with Crippen LogP contribution >= 0.6 is 11.3 Å². The minimum Gasteiger partial charge on any atom is -0.503 e. The molecule has 8 heteroatoms. The van der Waals surface area contributed by atoms with Gasteiger partial charge in [-0.25, -0.2) is 9.31 Å². The maximum atomic E-state index is 12.0. The lowest BCUT2D eigenvalue weighted by Gasteiger charge is -2.03. The molecule has 0 fully saturated rings. The SMILES string of the molecule is CO/C=C(\C(=O)OC)c1sc2nc(-c3ccc(C#N)cc3)nn2c1C. The quantitative estimate of drug-likeness (QED) is 0.407. The average Bonchev–Trinajstić information content (AvgIpc) is 3.19. The molecule has 2 heterocycles. The molecule has 1 aromatic carbocycles. The average molecular weight is 354 g/mol. The maximum Gasteiger partial charge on any atom is 0.342 e. The van der Waals surface area contributed by atoms with Crippen molar-refractivity contribution >= 4 is 27.8 Å². The van der Waals surface area contributed by atoms with Gasteiger partial charge in [0.2, 0.25) is 4.96 Å². The lowest BCUT2D eigenvalue weighted by Crippen LogP contribution is -2.05. The number of benzene rings is 1. The number of methoxy groups -OCH3 is 2. The summed E-state index contributed by atoms with van der Waals surface area (Å²) in [4.78, 5) is 17.8. The number of rotatable bonds is 4. The Hall–Kier alpha value is -3.18. The monoisotopic (exact) mass is 354 g/mol. The third-order valence-electron chi connectivity index (χ3n) is 3.57. The second-order valence-corrected chi connectivity index (χ2v) is 6.07. The Labute approximate surface area is 147 Å². The second kappa shape index (κ2) is 6.75. The Balaban J connectivity index is 2.05. The van der Waals surface area contributed by atoms with E-state index in [9.17, 15) is 4.79 Å². The highest BCUT2D eigenvalue weighted by atomic mass is 32.1. The summed E-state index contributed by atoms with van der Waals surface area (Å²) in [6.07, 6.45) is 1.35. The van der Waals surface area contributed by atoms with Gasteiger partial charge in [0.25, 0.3) is 0 Å². The standard InChI is InChI=1S/C17H14N4O3S/c1-10-14(13(9-23-2)16(22)24-3)25-17-19-15(20-21(10)17)12-6-4-11(8-18)5-7-12/h4-7,9H,1-3H3/b13-9-. The lowest BCUT2D eigenvalue weighted by atomic mass is 10.1. The normalized spacial score (nSPS) is 11.4. The van der Waals surface area contributed by atoms with Gasteiger partial charge < -0.3 is 9.47 Å². The molecule has 2 aromatic heterocycles. The Kier molecular flexibility index (Phi) is 4.50. The van der Waals surface area contributed by atoms with Crippen molar-refractivity contribution in [3.05, 3.63) is 46.7 Å². The molecule has 0 aliphatic rings. The smallest absolute Gasteiger partial charge is 0.342 e. The van der Waals surface area contributed by atoms with E-state index in [-0.39, 0.29) is 0 Å². The third-order valence-corrected chi connectivity index (χ3v) is 4.74. The largest absolute Gasteiger partial charge is 0.503 e. The minimum atomic E-state index is -0.484. The number of carbonyl (C=O) groups is 1. The molecule has 0 aliphatic heterocycles. The predicted octanol–water partition coefficient (Wildman–Crippen LogP) is 2.80. The van der Waals surface area contributed by atoms with Crippen LogP contribution in [0.3, 0.4) is 0 Å². The Morgan fingerprint density at radius 3 is 2.60 bits per heavy atom. The van der Waals surface area contributed by atoms with Gasteiger partial charge in [-0.15, -0.1) is 5.10 Å². The van der Waals surface area contributed by atoms with Gasteiger partial charge in [-0.05, 0) is 31.2 Å². The number of thiazole rings is 1. The maximum absolute atomic E-state index is 12.0. The van der Waals surface area contributed by atoms with Crippen LogP contribution in [0.2, 0.25) is 0 Å². The number of aryl methyl sites for hydroxylation is 1. The molecular weight excluding hydrogens is 340 g/mol. The van der Waals surface area contributed by atoms with E-state index < -0.39 is 5.97 Å². The van der Waals surface area contributed by atoms with E-state index in [1.54, 1.807) is 28.8 Å². The summed E-state index contributed by atoms with van der Waals surface area (Å²) < 4.78 is 11.5. The molecular formula is C17H14N4O3S. The van der Waals surface area contributed by atoms with Crippen LogP contribution in [0.15, 0.2) is 30.5 Å². The van der Waals surface area contributed by atoms with Gasteiger partial charge >= 0.3 is 5.97 Å². The van der Waals surface area contributed by atoms with Crippen molar-refractivity contribution in [3.63, 3.8) is 0 Å². The molecule has 0 amide bonds. The first-order valence-electron chi connectivity index (χ1n) is 7.27. The highest BCUT2D eigenvalue weighted by Gasteiger charge is 2.22. The number of ether oxygens (including phenoxy) is 2. The summed E-state index contributed by atoms with van der Waals surface area (Å²) in [5.41, 5.74) is 2.48. The molecule has 0 saturated carbocycles. The summed E-state index contributed by atoms with van der Waals surface area (Å²) in [6.45, 7) is 1.85. The molecule has 0 aliphatic carbocycles. The van der Waals surface area contributed by atoms with Crippen LogP contribution in [0, 0.1) is 18.3 Å². The number of nitrogens with zero attached hydrogens (tertiary/aromatic N) is 4. The summed E-state index contributed by atoms with van der Waals surface area (Å²) >= 11 is 1.33. The second-order valence-electron chi connectivity index (χ2n) is 5.09. The predicted molar refractivity (Wildman–Crippen MR) is 92.8 cm³/mol. The van der Waals surface area contributed by atoms with Crippen molar-refractivity contribution in [2.24, 2.45) is 0 Å². The van der Waals surface area contributed by atoms with E-state index in [2.05, 4.69) is 16.2 Å². The molecule has 0 unspecified atom stereocenters. The molecule has 0 spiro atoms. The Bertz CT molecular complexity index is 1010. The summed E-state index contributed by atoms with van der Waals surface area (Å²) in [5, 5.41) is 13.4. The number of esters is 1. The zero-order chi connectivity index (χ0) is 18.0. The van der Waals surface area contributed by atoms with Gasteiger partial charge in [-0.2, -0.15) is 10.2 Å². The van der Waals surface area contributed by atoms with Crippen molar-refractivity contribution in [1.82, 2.24) is 14.6 Å². The van der Waals surface area contributed by atoms with Crippen molar-refractivity contribution in [3.8, 4) is 17.5 Å². The first-order valence-corrected chi connectivity index (χ1v) is 8.09. The van der Waals surface area contributed by atoms with Gasteiger partial charge in [-0.1, -0.05) is 11.3 Å². The number of carbonyl (C=O) groups excluding carboxylic acids is 1. The summed E-state index contributed by atoms with van der Waals surface area (Å²) in [7, 11) is 2.79. The zero-order valence-corrected chi connectivity index (χ0v) is 14.6. The van der Waals surface area contributed by atoms with Gasteiger partial charge in [0.1, 0.15) is 5.57 Å². The fraction of sp³-hybridized carbons (Fsp3) is 0.176. The third kappa shape index (κ3) is 2.97. The van der Waals surface area contributed by atoms with E-state index in [0.717, 1.165) is 11.3 Å². The van der Waals surface area contributed by atoms with Crippen molar-refractivity contribution < 1.29 is 14.3 Å². The van der Waals surface area contributed by atoms with E-state index in [4.69, 9.17) is 14.7 Å². The van der Waals surface area contributed by atoms with Crippen LogP contribution in [0.5, 0.6) is 0 Å². The topological polar surface area (TPSA) is 89.5 Å². The molecule has 126 valence electrons. The van der Waals surface area contributed by atoms with E-state index in [1.807, 2.05) is 6.92 Å². The molecule has 3 rings (SSSR count). The number of hydrogen-bond donors (Lipinski definition) is 0. The van der Waals surface area contributed by atoms with Crippen LogP contribution in [-0.2, 0) is 14.3 Å². The summed E-state index contributed by atoms with van der Waals surface area (Å²) in [6, 6.07) is 9.13. The highest BCUT2D eigenvalue weighted by Crippen LogP contribution is 2.30. The Morgan fingerprint density at radius 1 is 1.32 bits per heavy atom. The highest BCUT2D eigenvalue weighted by molar-refractivity contribution is 7.18. The van der Waals surface area contributed by atoms with Crippen molar-refractivity contribution in [1.29, 1.82) is 5.26 Å². The number of nitriles is 1. The molecule has 0 N–H and O–H groups in total. The van der Waals surface area contributed by atoms with Gasteiger partial charge in [0.15, 0.2) is 5.82 Å². The van der Waals surface area contributed by atoms with E-state index in [0.29, 0.717) is 26.8 Å². The van der Waals surface area contributed by atoms with Crippen LogP contribution in [0.4, 0.5) is 0 Å². The van der Waals surface area contributed by atoms with Crippen molar-refractivity contribution in [2.75, 3.05) is 14.2 Å². The first kappa shape index (κ1) is 16.7. The van der Waals surface area contributed by atoms with Gasteiger partial charge in [0.05, 0.1) is 42.7 Å². The Morgan fingerprint density at radius 2 is 2.04 bits per heavy atom. The lowest BCUT2D eigenvalue weighted by molar-refractivity contribution is -0.133. The van der Waals surface area contributed by atoms with Gasteiger partial charge in [0, 0.05) is 5.56 Å². The van der Waals surface area contributed by atoms with Gasteiger partial charge in [-0.3, -0.25) is 0 Å². The van der Waals surface area contributed by atoms with Crippen LogP contribution in [-0.4, -0.2) is 34.8 Å². The molecule has 0 bridgehead atoms. The molecule has 0 radical (unpaired) electrons.